The number of nitrogens with one attached hydrogen (secondary N) is 2. The minimum atomic E-state index is -3.58. The van der Waals surface area contributed by atoms with Crippen LogP contribution in [0.3, 0.4) is 0 Å². The molecular weight excluding hydrogens is 422 g/mol. The molecule has 0 atom stereocenters. The average molecular weight is 444 g/mol. The van der Waals surface area contributed by atoms with Gasteiger partial charge in [0.15, 0.2) is 9.84 Å². The summed E-state index contributed by atoms with van der Waals surface area (Å²) in [5, 5.41) is 0.703. The zero-order valence-electron chi connectivity index (χ0n) is 16.5. The molecule has 1 aromatic heterocycles. The van der Waals surface area contributed by atoms with E-state index in [-0.39, 0.29) is 17.1 Å². The summed E-state index contributed by atoms with van der Waals surface area (Å²) in [6, 6.07) is 15.9. The molecule has 0 saturated carbocycles. The topological polar surface area (TPSA) is 105 Å². The maximum Gasteiger partial charge on any atom is 0.281 e. The van der Waals surface area contributed by atoms with Gasteiger partial charge < -0.3 is 0 Å². The summed E-state index contributed by atoms with van der Waals surface area (Å²) in [5.74, 6) is -1.44. The third kappa shape index (κ3) is 5.31. The van der Waals surface area contributed by atoms with Crippen LogP contribution in [0.1, 0.15) is 27.3 Å². The van der Waals surface area contributed by atoms with Gasteiger partial charge in [-0.15, -0.1) is 11.3 Å². The van der Waals surface area contributed by atoms with E-state index in [0.717, 1.165) is 11.1 Å². The molecule has 3 rings (SSSR count). The molecule has 0 aliphatic carbocycles. The van der Waals surface area contributed by atoms with Gasteiger partial charge in [-0.2, -0.15) is 0 Å². The Morgan fingerprint density at radius 2 is 1.63 bits per heavy atom. The third-order valence-electron chi connectivity index (χ3n) is 4.32. The molecule has 0 aliphatic heterocycles. The number of nitrogens with zero attached hydrogens (tertiary/aromatic N) is 1. The molecule has 0 fully saturated rings. The summed E-state index contributed by atoms with van der Waals surface area (Å²) in [6.45, 7) is 3.58. The zero-order chi connectivity index (χ0) is 21.7. The SMILES string of the molecule is Cc1ccc(S(=O)(=O)CCC(=O)NNC(=O)c2sc(-c3ccccc3)nc2C)cc1. The normalized spacial score (nSPS) is 11.1. The Hall–Kier alpha value is -3.04. The maximum atomic E-state index is 12.4. The Bertz CT molecular complexity index is 1150. The zero-order valence-corrected chi connectivity index (χ0v) is 18.1. The van der Waals surface area contributed by atoms with Crippen molar-refractivity contribution in [1.82, 2.24) is 15.8 Å². The monoisotopic (exact) mass is 443 g/mol. The van der Waals surface area contributed by atoms with E-state index in [0.29, 0.717) is 15.6 Å². The summed E-state index contributed by atoms with van der Waals surface area (Å²) in [7, 11) is -3.58. The summed E-state index contributed by atoms with van der Waals surface area (Å²) in [4.78, 5) is 29.4. The minimum Gasteiger partial charge on any atom is -0.273 e. The van der Waals surface area contributed by atoms with E-state index in [4.69, 9.17) is 0 Å². The second-order valence-corrected chi connectivity index (χ2v) is 9.79. The van der Waals surface area contributed by atoms with E-state index < -0.39 is 21.7 Å². The van der Waals surface area contributed by atoms with Crippen molar-refractivity contribution in [1.29, 1.82) is 0 Å². The van der Waals surface area contributed by atoms with Gasteiger partial charge in [0.2, 0.25) is 5.91 Å². The van der Waals surface area contributed by atoms with Crippen molar-refractivity contribution in [3.63, 3.8) is 0 Å². The molecule has 2 N–H and O–H groups in total. The predicted molar refractivity (Wildman–Crippen MR) is 116 cm³/mol. The van der Waals surface area contributed by atoms with Crippen LogP contribution < -0.4 is 10.9 Å². The quantitative estimate of drug-likeness (QED) is 0.570. The number of thiazole rings is 1. The van der Waals surface area contributed by atoms with Crippen molar-refractivity contribution >= 4 is 33.0 Å². The van der Waals surface area contributed by atoms with E-state index in [2.05, 4.69) is 15.8 Å². The Morgan fingerprint density at radius 3 is 2.30 bits per heavy atom. The number of amides is 2. The van der Waals surface area contributed by atoms with Crippen molar-refractivity contribution in [3.05, 3.63) is 70.7 Å². The first kappa shape index (κ1) is 21.7. The second-order valence-electron chi connectivity index (χ2n) is 6.68. The molecule has 0 spiro atoms. The van der Waals surface area contributed by atoms with Crippen molar-refractivity contribution in [2.75, 3.05) is 5.75 Å². The lowest BCUT2D eigenvalue weighted by Gasteiger charge is -2.07. The summed E-state index contributed by atoms with van der Waals surface area (Å²) >= 11 is 1.22. The lowest BCUT2D eigenvalue weighted by molar-refractivity contribution is -0.121. The van der Waals surface area contributed by atoms with Gasteiger partial charge in [0.1, 0.15) is 9.88 Å². The van der Waals surface area contributed by atoms with Crippen LogP contribution in [-0.4, -0.2) is 31.0 Å². The van der Waals surface area contributed by atoms with E-state index >= 15 is 0 Å². The van der Waals surface area contributed by atoms with E-state index in [1.165, 1.54) is 23.5 Å². The molecule has 156 valence electrons. The predicted octanol–water partition coefficient (Wildman–Crippen LogP) is 3.05. The highest BCUT2D eigenvalue weighted by Gasteiger charge is 2.19. The molecule has 0 unspecified atom stereocenters. The van der Waals surface area contributed by atoms with Gasteiger partial charge in [-0.3, -0.25) is 20.4 Å². The van der Waals surface area contributed by atoms with Crippen molar-refractivity contribution < 1.29 is 18.0 Å². The first-order valence-electron chi connectivity index (χ1n) is 9.18. The van der Waals surface area contributed by atoms with Crippen LogP contribution in [0.15, 0.2) is 59.5 Å². The number of hydrogen-bond donors (Lipinski definition) is 2. The third-order valence-corrected chi connectivity index (χ3v) is 7.25. The van der Waals surface area contributed by atoms with Crippen LogP contribution in [-0.2, 0) is 14.6 Å². The highest BCUT2D eigenvalue weighted by Crippen LogP contribution is 2.27. The number of rotatable bonds is 6. The number of carbonyl (C=O) groups is 2. The van der Waals surface area contributed by atoms with Gasteiger partial charge in [0, 0.05) is 12.0 Å². The minimum absolute atomic E-state index is 0.165. The number of benzene rings is 2. The van der Waals surface area contributed by atoms with Crippen LogP contribution in [0, 0.1) is 13.8 Å². The Labute approximate surface area is 179 Å². The first-order chi connectivity index (χ1) is 14.3. The molecule has 0 radical (unpaired) electrons. The summed E-state index contributed by atoms with van der Waals surface area (Å²) < 4.78 is 24.6. The molecule has 2 amide bonds. The van der Waals surface area contributed by atoms with Crippen LogP contribution in [0.5, 0.6) is 0 Å². The smallest absolute Gasteiger partial charge is 0.273 e. The summed E-state index contributed by atoms with van der Waals surface area (Å²) in [6.07, 6.45) is -0.270. The molecule has 3 aromatic rings. The molecule has 2 aromatic carbocycles. The lowest BCUT2D eigenvalue weighted by atomic mass is 10.2. The van der Waals surface area contributed by atoms with E-state index in [1.54, 1.807) is 19.1 Å². The van der Waals surface area contributed by atoms with Crippen molar-refractivity contribution in [2.45, 2.75) is 25.2 Å². The highest BCUT2D eigenvalue weighted by atomic mass is 32.2. The van der Waals surface area contributed by atoms with Gasteiger partial charge in [0.25, 0.3) is 5.91 Å². The number of aryl methyl sites for hydroxylation is 2. The number of hydrazine groups is 1. The number of carbonyl (C=O) groups excluding carboxylic acids is 2. The van der Waals surface area contributed by atoms with E-state index in [1.807, 2.05) is 37.3 Å². The van der Waals surface area contributed by atoms with E-state index in [9.17, 15) is 18.0 Å². The largest absolute Gasteiger partial charge is 0.281 e. The van der Waals surface area contributed by atoms with Gasteiger partial charge in [-0.1, -0.05) is 48.0 Å². The average Bonchev–Trinajstić information content (AvgIpc) is 3.13. The molecule has 0 saturated heterocycles. The number of aromatic nitrogens is 1. The second kappa shape index (κ2) is 9.19. The van der Waals surface area contributed by atoms with Gasteiger partial charge in [0.05, 0.1) is 16.3 Å². The molecule has 30 heavy (non-hydrogen) atoms. The van der Waals surface area contributed by atoms with Crippen LogP contribution >= 0.6 is 11.3 Å². The molecule has 0 bridgehead atoms. The lowest BCUT2D eigenvalue weighted by Crippen LogP contribution is -2.42. The molecule has 7 nitrogen and oxygen atoms in total. The van der Waals surface area contributed by atoms with Crippen LogP contribution in [0.25, 0.3) is 10.6 Å². The Morgan fingerprint density at radius 1 is 0.967 bits per heavy atom. The number of hydrogen-bond acceptors (Lipinski definition) is 6. The highest BCUT2D eigenvalue weighted by molar-refractivity contribution is 7.91. The fraction of sp³-hybridized carbons (Fsp3) is 0.190. The summed E-state index contributed by atoms with van der Waals surface area (Å²) in [5.41, 5.74) is 6.99. The standard InChI is InChI=1S/C21H21N3O4S2/c1-14-8-10-17(11-9-14)30(27,28)13-12-18(25)23-24-20(26)19-15(2)22-21(29-19)16-6-4-3-5-7-16/h3-11H,12-13H2,1-2H3,(H,23,25)(H,24,26). The van der Waals surface area contributed by atoms with Crippen LogP contribution in [0.4, 0.5) is 0 Å². The molecule has 0 aliphatic rings. The number of sulfone groups is 1. The fourth-order valence-electron chi connectivity index (χ4n) is 2.65. The molecule has 9 heteroatoms. The van der Waals surface area contributed by atoms with Gasteiger partial charge >= 0.3 is 0 Å². The van der Waals surface area contributed by atoms with Crippen molar-refractivity contribution in [2.24, 2.45) is 0 Å². The Kier molecular flexibility index (Phi) is 6.63. The Balaban J connectivity index is 1.55. The van der Waals surface area contributed by atoms with Gasteiger partial charge in [-0.25, -0.2) is 13.4 Å². The van der Waals surface area contributed by atoms with Gasteiger partial charge in [-0.05, 0) is 26.0 Å². The van der Waals surface area contributed by atoms with Crippen molar-refractivity contribution in [3.8, 4) is 10.6 Å². The first-order valence-corrected chi connectivity index (χ1v) is 11.6. The maximum absolute atomic E-state index is 12.4. The molecular formula is C21H21N3O4S2. The van der Waals surface area contributed by atoms with Crippen LogP contribution in [0.2, 0.25) is 0 Å². The fourth-order valence-corrected chi connectivity index (χ4v) is 4.86. The molecule has 1 heterocycles.